The molecule has 14 nitrogen and oxygen atoms in total. The average molecular weight is 750 g/mol. The number of carbonyl (C=O) groups is 4. The Morgan fingerprint density at radius 1 is 0.596 bits per heavy atom. The monoisotopic (exact) mass is 748 g/mol. The zero-order valence-electron chi connectivity index (χ0n) is 28.9. The first-order chi connectivity index (χ1) is 24.9. The molecule has 2 atom stereocenters. The number of ketones is 2. The molecule has 0 radical (unpaired) electrons. The van der Waals surface area contributed by atoms with Gasteiger partial charge in [-0.15, -0.1) is 0 Å². The number of hydrogen-bond acceptors (Lipinski definition) is 12. The van der Waals surface area contributed by atoms with E-state index in [0.29, 0.717) is 45.5 Å². The molecule has 0 aliphatic carbocycles. The van der Waals surface area contributed by atoms with Crippen molar-refractivity contribution >= 4 is 69.3 Å². The minimum absolute atomic E-state index is 0.171. The fourth-order valence-corrected chi connectivity index (χ4v) is 5.14. The highest BCUT2D eigenvalue weighted by molar-refractivity contribution is 6.34. The number of nitrogens with zero attached hydrogens (tertiary/aromatic N) is 4. The first kappa shape index (κ1) is 38.9. The number of Topliss-reactive ketones (excluding diaryl/α,β-unsaturated/α-hetero) is 2. The van der Waals surface area contributed by atoms with Gasteiger partial charge in [0, 0.05) is 17.7 Å². The van der Waals surface area contributed by atoms with Gasteiger partial charge in [0.1, 0.15) is 28.7 Å². The lowest BCUT2D eigenvalue weighted by Gasteiger charge is -2.13. The molecular formula is C36H34Cl2N6O8. The highest BCUT2D eigenvalue weighted by Crippen LogP contribution is 2.36. The SMILES string of the molecule is COc1ccc(NC(=O)C(N=Nc2ccc(-c3ccc(N=NC(C(C)=O)C(=O)Nc4ccc(OC)cc4OC)c(Cl)c3)c(Cl)c2)C(C)=O)c(OC)c1. The predicted molar refractivity (Wildman–Crippen MR) is 196 cm³/mol. The number of ether oxygens (including phenoxy) is 4. The van der Waals surface area contributed by atoms with Crippen molar-refractivity contribution in [3.8, 4) is 34.1 Å². The molecule has 0 heterocycles. The van der Waals surface area contributed by atoms with Crippen LogP contribution >= 0.6 is 23.2 Å². The minimum Gasteiger partial charge on any atom is -0.497 e. The number of hydrogen-bond donors (Lipinski definition) is 2. The third-order valence-corrected chi connectivity index (χ3v) is 8.00. The van der Waals surface area contributed by atoms with Gasteiger partial charge in [-0.1, -0.05) is 35.3 Å². The summed E-state index contributed by atoms with van der Waals surface area (Å²) in [6, 6.07) is 16.3. The summed E-state index contributed by atoms with van der Waals surface area (Å²) < 4.78 is 20.9. The summed E-state index contributed by atoms with van der Waals surface area (Å²) in [6.45, 7) is 2.45. The lowest BCUT2D eigenvalue weighted by atomic mass is 10.0. The Morgan fingerprint density at radius 2 is 1.12 bits per heavy atom. The summed E-state index contributed by atoms with van der Waals surface area (Å²) in [7, 11) is 5.87. The van der Waals surface area contributed by atoms with Crippen LogP contribution in [0.15, 0.2) is 93.3 Å². The van der Waals surface area contributed by atoms with E-state index < -0.39 is 35.5 Å². The van der Waals surface area contributed by atoms with Crippen molar-refractivity contribution in [1.82, 2.24) is 0 Å². The second-order valence-electron chi connectivity index (χ2n) is 10.9. The molecule has 0 fully saturated rings. The molecule has 4 aromatic rings. The van der Waals surface area contributed by atoms with Crippen molar-refractivity contribution in [2.24, 2.45) is 20.5 Å². The van der Waals surface area contributed by atoms with Gasteiger partial charge in [0.2, 0.25) is 12.1 Å². The molecule has 52 heavy (non-hydrogen) atoms. The molecule has 0 aliphatic heterocycles. The van der Waals surface area contributed by atoms with Gasteiger partial charge >= 0.3 is 0 Å². The first-order valence-corrected chi connectivity index (χ1v) is 16.1. The van der Waals surface area contributed by atoms with Crippen molar-refractivity contribution in [2.45, 2.75) is 25.9 Å². The molecule has 0 aliphatic rings. The lowest BCUT2D eigenvalue weighted by Crippen LogP contribution is -2.32. The number of anilines is 2. The molecule has 2 amide bonds. The maximum absolute atomic E-state index is 13.0. The second-order valence-corrected chi connectivity index (χ2v) is 11.7. The van der Waals surface area contributed by atoms with Crippen LogP contribution in [0.4, 0.5) is 22.7 Å². The highest BCUT2D eigenvalue weighted by Gasteiger charge is 2.26. The van der Waals surface area contributed by atoms with Gasteiger partial charge in [-0.3, -0.25) is 19.2 Å². The number of carbonyl (C=O) groups excluding carboxylic acids is 4. The van der Waals surface area contributed by atoms with Gasteiger partial charge in [0.25, 0.3) is 11.8 Å². The molecule has 2 N–H and O–H groups in total. The van der Waals surface area contributed by atoms with E-state index in [1.165, 1.54) is 48.4 Å². The normalized spacial score (nSPS) is 12.2. The summed E-state index contributed by atoms with van der Waals surface area (Å²) >= 11 is 13.1. The number of amides is 2. The lowest BCUT2D eigenvalue weighted by molar-refractivity contribution is -0.127. The van der Waals surface area contributed by atoms with Gasteiger partial charge < -0.3 is 29.6 Å². The van der Waals surface area contributed by atoms with E-state index in [4.69, 9.17) is 42.1 Å². The van der Waals surface area contributed by atoms with Gasteiger partial charge in [-0.25, -0.2) is 0 Å². The Morgan fingerprint density at radius 3 is 1.56 bits per heavy atom. The molecule has 4 rings (SSSR count). The molecule has 2 unspecified atom stereocenters. The highest BCUT2D eigenvalue weighted by atomic mass is 35.5. The largest absolute Gasteiger partial charge is 0.497 e. The van der Waals surface area contributed by atoms with E-state index in [-0.39, 0.29) is 21.4 Å². The van der Waals surface area contributed by atoms with Crippen LogP contribution in [0.25, 0.3) is 11.1 Å². The maximum atomic E-state index is 13.0. The fraction of sp³-hybridized carbons (Fsp3) is 0.222. The third-order valence-electron chi connectivity index (χ3n) is 7.38. The van der Waals surface area contributed by atoms with E-state index in [1.54, 1.807) is 66.7 Å². The quantitative estimate of drug-likeness (QED) is 0.0905. The van der Waals surface area contributed by atoms with Crippen molar-refractivity contribution in [1.29, 1.82) is 0 Å². The Hall–Kier alpha value is -5.86. The predicted octanol–water partition coefficient (Wildman–Crippen LogP) is 8.05. The molecule has 0 saturated heterocycles. The molecule has 0 saturated carbocycles. The zero-order chi connectivity index (χ0) is 37.9. The summed E-state index contributed by atoms with van der Waals surface area (Å²) in [4.78, 5) is 50.6. The fourth-order valence-electron chi connectivity index (χ4n) is 4.64. The summed E-state index contributed by atoms with van der Waals surface area (Å²) in [5.74, 6) is -0.795. The first-order valence-electron chi connectivity index (χ1n) is 15.4. The van der Waals surface area contributed by atoms with Crippen LogP contribution in [-0.4, -0.2) is 63.9 Å². The van der Waals surface area contributed by atoms with Gasteiger partial charge in [-0.05, 0) is 67.9 Å². The Kier molecular flexibility index (Phi) is 13.4. The third kappa shape index (κ3) is 9.68. The van der Waals surface area contributed by atoms with Crippen molar-refractivity contribution in [3.05, 3.63) is 82.8 Å². The number of halogens is 2. The second kappa shape index (κ2) is 17.9. The molecule has 270 valence electrons. The summed E-state index contributed by atoms with van der Waals surface area (Å²) in [6.07, 6.45) is 0. The van der Waals surface area contributed by atoms with Crippen molar-refractivity contribution < 1.29 is 38.1 Å². The van der Waals surface area contributed by atoms with Gasteiger partial charge in [0.05, 0.1) is 55.5 Å². The Balaban J connectivity index is 1.47. The molecule has 0 aromatic heterocycles. The van der Waals surface area contributed by atoms with Crippen LogP contribution in [0.5, 0.6) is 23.0 Å². The average Bonchev–Trinajstić information content (AvgIpc) is 3.12. The van der Waals surface area contributed by atoms with Crippen molar-refractivity contribution in [3.63, 3.8) is 0 Å². The number of rotatable bonds is 15. The van der Waals surface area contributed by atoms with E-state index in [0.717, 1.165) is 0 Å². The van der Waals surface area contributed by atoms with Crippen molar-refractivity contribution in [2.75, 3.05) is 39.1 Å². The van der Waals surface area contributed by atoms with Crippen LogP contribution in [0, 0.1) is 0 Å². The number of methoxy groups -OCH3 is 4. The topological polar surface area (TPSA) is 179 Å². The van der Waals surface area contributed by atoms with Gasteiger partial charge in [-0.2, -0.15) is 20.5 Å². The smallest absolute Gasteiger partial charge is 0.258 e. The molecule has 0 bridgehead atoms. The van der Waals surface area contributed by atoms with E-state index in [9.17, 15) is 19.2 Å². The van der Waals surface area contributed by atoms with Crippen LogP contribution in [0.2, 0.25) is 10.0 Å². The van der Waals surface area contributed by atoms with E-state index >= 15 is 0 Å². The van der Waals surface area contributed by atoms with E-state index in [2.05, 4.69) is 31.1 Å². The van der Waals surface area contributed by atoms with Crippen LogP contribution in [-0.2, 0) is 19.2 Å². The van der Waals surface area contributed by atoms with Crippen LogP contribution in [0.3, 0.4) is 0 Å². The van der Waals surface area contributed by atoms with Crippen LogP contribution in [0.1, 0.15) is 13.8 Å². The Bertz CT molecular complexity index is 2060. The van der Waals surface area contributed by atoms with E-state index in [1.807, 2.05) is 0 Å². The van der Waals surface area contributed by atoms with Gasteiger partial charge in [0.15, 0.2) is 11.6 Å². The minimum atomic E-state index is -1.46. The Labute approximate surface area is 309 Å². The summed E-state index contributed by atoms with van der Waals surface area (Å²) in [5.41, 5.74) is 2.31. The number of nitrogens with one attached hydrogen (secondary N) is 2. The standard InChI is InChI=1S/C36H34Cl2N6O8/c1-19(45)33(35(47)39-29-13-9-23(49-3)17-31(29)51-5)43-41-22-8-11-25(26(37)16-22)21-7-12-28(27(38)15-21)42-44-34(20(2)46)36(48)40-30-14-10-24(50-4)18-32(30)52-6/h7-18,33-34H,1-6H3,(H,39,47)(H,40,48). The zero-order valence-corrected chi connectivity index (χ0v) is 30.4. The van der Waals surface area contributed by atoms with Crippen LogP contribution < -0.4 is 29.6 Å². The molecule has 16 heteroatoms. The number of azo groups is 2. The number of benzene rings is 4. The molecular weight excluding hydrogens is 715 g/mol. The molecule has 0 spiro atoms. The molecule has 4 aromatic carbocycles. The maximum Gasteiger partial charge on any atom is 0.258 e. The summed E-state index contributed by atoms with van der Waals surface area (Å²) in [5, 5.41) is 21.8.